The maximum atomic E-state index is 9.70. The van der Waals surface area contributed by atoms with Gasteiger partial charge < -0.3 is 43.0 Å². The van der Waals surface area contributed by atoms with Gasteiger partial charge in [-0.1, -0.05) is 0 Å². The van der Waals surface area contributed by atoms with Crippen LogP contribution in [0.2, 0.25) is 0 Å². The standard InChI is InChI=1S/C21H34O9/c1-19(2)25-13-10(23-12(9-22)15(13)27-19)7-8-11-14-16(28-20(3,4)26-14)17-18(24-11)30-21(5,6)29-17/h10-18,22H,7-9H2,1-6H3/t10-,11-,12-,13+,14+,15-,16+,17-,18-/m1/s1. The highest BCUT2D eigenvalue weighted by Gasteiger charge is 2.61. The van der Waals surface area contributed by atoms with Crippen LogP contribution in [0.3, 0.4) is 0 Å². The lowest BCUT2D eigenvalue weighted by Crippen LogP contribution is -2.55. The first-order valence-electron chi connectivity index (χ1n) is 11.0. The predicted octanol–water partition coefficient (Wildman–Crippen LogP) is 1.44. The van der Waals surface area contributed by atoms with E-state index in [-0.39, 0.29) is 55.4 Å². The summed E-state index contributed by atoms with van der Waals surface area (Å²) in [6.45, 7) is 11.2. The molecule has 9 heteroatoms. The van der Waals surface area contributed by atoms with Gasteiger partial charge >= 0.3 is 0 Å². The van der Waals surface area contributed by atoms with Crippen molar-refractivity contribution in [2.24, 2.45) is 0 Å². The van der Waals surface area contributed by atoms with E-state index in [1.54, 1.807) is 0 Å². The van der Waals surface area contributed by atoms with Gasteiger partial charge in [-0.05, 0) is 54.4 Å². The van der Waals surface area contributed by atoms with Crippen molar-refractivity contribution in [3.05, 3.63) is 0 Å². The second-order valence-electron chi connectivity index (χ2n) is 10.2. The van der Waals surface area contributed by atoms with Crippen LogP contribution in [0, 0.1) is 0 Å². The van der Waals surface area contributed by atoms with Crippen LogP contribution in [0.25, 0.3) is 0 Å². The van der Waals surface area contributed by atoms with Crippen molar-refractivity contribution < 1.29 is 43.0 Å². The van der Waals surface area contributed by atoms with E-state index in [2.05, 4.69) is 0 Å². The van der Waals surface area contributed by atoms with Gasteiger partial charge in [0.25, 0.3) is 0 Å². The molecule has 0 saturated carbocycles. The first kappa shape index (κ1) is 21.5. The van der Waals surface area contributed by atoms with Crippen LogP contribution >= 0.6 is 0 Å². The van der Waals surface area contributed by atoms with Crippen molar-refractivity contribution >= 4 is 0 Å². The molecule has 0 radical (unpaired) electrons. The first-order valence-corrected chi connectivity index (χ1v) is 11.0. The monoisotopic (exact) mass is 430 g/mol. The fraction of sp³-hybridized carbons (Fsp3) is 1.00. The fourth-order valence-electron chi connectivity index (χ4n) is 5.41. The molecule has 9 atom stereocenters. The summed E-state index contributed by atoms with van der Waals surface area (Å²) in [7, 11) is 0. The van der Waals surface area contributed by atoms with Crippen LogP contribution in [-0.4, -0.2) is 84.2 Å². The van der Waals surface area contributed by atoms with Crippen LogP contribution in [0.1, 0.15) is 54.4 Å². The summed E-state index contributed by atoms with van der Waals surface area (Å²) in [5.74, 6) is -2.13. The molecule has 0 spiro atoms. The van der Waals surface area contributed by atoms with Crippen molar-refractivity contribution in [2.75, 3.05) is 6.61 Å². The molecule has 5 heterocycles. The van der Waals surface area contributed by atoms with E-state index in [0.717, 1.165) is 0 Å². The lowest BCUT2D eigenvalue weighted by atomic mass is 9.94. The highest BCUT2D eigenvalue weighted by atomic mass is 16.9. The molecule has 30 heavy (non-hydrogen) atoms. The highest BCUT2D eigenvalue weighted by Crippen LogP contribution is 2.46. The van der Waals surface area contributed by atoms with Crippen molar-refractivity contribution in [3.63, 3.8) is 0 Å². The Balaban J connectivity index is 1.29. The lowest BCUT2D eigenvalue weighted by Gasteiger charge is -2.37. The van der Waals surface area contributed by atoms with Gasteiger partial charge in [0.2, 0.25) is 0 Å². The molecule has 5 rings (SSSR count). The molecule has 9 nitrogen and oxygen atoms in total. The summed E-state index contributed by atoms with van der Waals surface area (Å²) < 4.78 is 48.8. The van der Waals surface area contributed by atoms with Gasteiger partial charge in [0, 0.05) is 0 Å². The molecule has 5 fully saturated rings. The van der Waals surface area contributed by atoms with Gasteiger partial charge in [-0.2, -0.15) is 0 Å². The second kappa shape index (κ2) is 7.07. The van der Waals surface area contributed by atoms with Gasteiger partial charge in [0.15, 0.2) is 23.7 Å². The number of hydrogen-bond acceptors (Lipinski definition) is 9. The summed E-state index contributed by atoms with van der Waals surface area (Å²) in [6.07, 6.45) is -1.31. The largest absolute Gasteiger partial charge is 0.394 e. The summed E-state index contributed by atoms with van der Waals surface area (Å²) in [5, 5.41) is 9.70. The minimum atomic E-state index is -0.735. The molecule has 0 aromatic carbocycles. The molecule has 5 saturated heterocycles. The Labute approximate surface area is 177 Å². The zero-order valence-corrected chi connectivity index (χ0v) is 18.5. The average Bonchev–Trinajstić information content (AvgIpc) is 3.30. The second-order valence-corrected chi connectivity index (χ2v) is 10.2. The number of rotatable bonds is 4. The number of aliphatic hydroxyl groups is 1. The van der Waals surface area contributed by atoms with Crippen molar-refractivity contribution in [1.29, 1.82) is 0 Å². The molecule has 172 valence electrons. The van der Waals surface area contributed by atoms with Crippen molar-refractivity contribution in [3.8, 4) is 0 Å². The van der Waals surface area contributed by atoms with Gasteiger partial charge in [-0.25, -0.2) is 0 Å². The summed E-state index contributed by atoms with van der Waals surface area (Å²) >= 11 is 0. The van der Waals surface area contributed by atoms with Crippen LogP contribution < -0.4 is 0 Å². The van der Waals surface area contributed by atoms with Crippen LogP contribution in [0.5, 0.6) is 0 Å². The van der Waals surface area contributed by atoms with Crippen LogP contribution in [0.15, 0.2) is 0 Å². The van der Waals surface area contributed by atoms with Crippen molar-refractivity contribution in [2.45, 2.75) is 127 Å². The first-order chi connectivity index (χ1) is 14.0. The van der Waals surface area contributed by atoms with Gasteiger partial charge in [-0.15, -0.1) is 0 Å². The number of hydrogen-bond donors (Lipinski definition) is 1. The van der Waals surface area contributed by atoms with E-state index in [1.807, 2.05) is 41.5 Å². The topological polar surface area (TPSA) is 94.1 Å². The molecule has 0 unspecified atom stereocenters. The van der Waals surface area contributed by atoms with Gasteiger partial charge in [0.05, 0.1) is 18.8 Å². The van der Waals surface area contributed by atoms with Gasteiger partial charge in [0.1, 0.15) is 36.6 Å². The van der Waals surface area contributed by atoms with Crippen molar-refractivity contribution in [1.82, 2.24) is 0 Å². The Morgan fingerprint density at radius 2 is 0.967 bits per heavy atom. The molecule has 0 amide bonds. The number of fused-ring (bicyclic) bond motifs is 4. The zero-order chi connectivity index (χ0) is 21.5. The van der Waals surface area contributed by atoms with E-state index < -0.39 is 23.7 Å². The van der Waals surface area contributed by atoms with Crippen LogP contribution in [0.4, 0.5) is 0 Å². The third kappa shape index (κ3) is 3.72. The van der Waals surface area contributed by atoms with Gasteiger partial charge in [-0.3, -0.25) is 0 Å². The number of ether oxygens (including phenoxy) is 8. The molecule has 0 aliphatic carbocycles. The average molecular weight is 430 g/mol. The molecular weight excluding hydrogens is 396 g/mol. The molecule has 0 aromatic rings. The molecule has 5 aliphatic rings. The Hall–Kier alpha value is -0.360. The maximum absolute atomic E-state index is 9.70. The summed E-state index contributed by atoms with van der Waals surface area (Å²) in [4.78, 5) is 0. The normalized spacial score (nSPS) is 50.3. The van der Waals surface area contributed by atoms with E-state index in [9.17, 15) is 5.11 Å². The highest BCUT2D eigenvalue weighted by molar-refractivity contribution is 5.02. The molecule has 0 bridgehead atoms. The predicted molar refractivity (Wildman–Crippen MR) is 101 cm³/mol. The minimum absolute atomic E-state index is 0.100. The molecule has 1 N–H and O–H groups in total. The van der Waals surface area contributed by atoms with E-state index in [1.165, 1.54) is 0 Å². The quantitative estimate of drug-likeness (QED) is 0.711. The maximum Gasteiger partial charge on any atom is 0.190 e. The van der Waals surface area contributed by atoms with E-state index in [4.69, 9.17) is 37.9 Å². The molecular formula is C21H34O9. The Bertz CT molecular complexity index is 665. The third-order valence-corrected chi connectivity index (χ3v) is 6.41. The summed E-state index contributed by atoms with van der Waals surface area (Å²) in [5.41, 5.74) is 0. The minimum Gasteiger partial charge on any atom is -0.394 e. The Morgan fingerprint density at radius 1 is 0.533 bits per heavy atom. The molecule has 0 aromatic heterocycles. The Kier molecular flexibility index (Phi) is 5.06. The van der Waals surface area contributed by atoms with E-state index >= 15 is 0 Å². The Morgan fingerprint density at radius 3 is 1.57 bits per heavy atom. The third-order valence-electron chi connectivity index (χ3n) is 6.41. The SMILES string of the molecule is CC1(C)O[C@H]2[C@@H](O1)[C@@H](CC[C@H]1O[C@H](CO)[C@H]3OC(C)(C)O[C@H]31)O[C@@H]1OC(C)(C)O[C@@H]12. The fourth-order valence-corrected chi connectivity index (χ4v) is 5.41. The van der Waals surface area contributed by atoms with E-state index in [0.29, 0.717) is 12.8 Å². The zero-order valence-electron chi connectivity index (χ0n) is 18.5. The molecule has 5 aliphatic heterocycles. The lowest BCUT2D eigenvalue weighted by molar-refractivity contribution is -0.237. The summed E-state index contributed by atoms with van der Waals surface area (Å²) in [6, 6.07) is 0. The van der Waals surface area contributed by atoms with Crippen LogP contribution in [-0.2, 0) is 37.9 Å². The number of aliphatic hydroxyl groups excluding tert-OH is 1. The smallest absolute Gasteiger partial charge is 0.190 e.